The molecule has 0 radical (unpaired) electrons. The lowest BCUT2D eigenvalue weighted by atomic mass is 9.98. The number of nitrogens with one attached hydrogen (secondary N) is 1. The molecule has 2 aromatic carbocycles. The molecule has 106 valence electrons. The Morgan fingerprint density at radius 3 is 2.70 bits per heavy atom. The quantitative estimate of drug-likeness (QED) is 0.647. The summed E-state index contributed by atoms with van der Waals surface area (Å²) in [5.41, 5.74) is 3.93. The highest BCUT2D eigenvalue weighted by Gasteiger charge is 2.20. The van der Waals surface area contributed by atoms with Gasteiger partial charge in [-0.15, -0.1) is 0 Å². The lowest BCUT2D eigenvalue weighted by Crippen LogP contribution is -2.30. The zero-order valence-corrected chi connectivity index (χ0v) is 12.7. The van der Waals surface area contributed by atoms with E-state index in [-0.39, 0.29) is 5.82 Å². The van der Waals surface area contributed by atoms with Crippen molar-refractivity contribution in [2.24, 2.45) is 5.84 Å². The van der Waals surface area contributed by atoms with E-state index in [0.717, 1.165) is 10.0 Å². The Morgan fingerprint density at radius 1 is 1.25 bits per heavy atom. The van der Waals surface area contributed by atoms with E-state index in [1.54, 1.807) is 12.1 Å². The molecule has 1 unspecified atom stereocenters. The van der Waals surface area contributed by atoms with Crippen LogP contribution in [0.2, 0.25) is 0 Å². The Balaban J connectivity index is 2.49. The first-order valence-electron chi connectivity index (χ1n) is 6.30. The topological polar surface area (TPSA) is 47.3 Å². The summed E-state index contributed by atoms with van der Waals surface area (Å²) in [5, 5.41) is 0. The van der Waals surface area contributed by atoms with Crippen molar-refractivity contribution in [2.75, 3.05) is 6.61 Å². The number of ether oxygens (including phenoxy) is 1. The molecule has 1 atom stereocenters. The lowest BCUT2D eigenvalue weighted by molar-refractivity contribution is 0.333. The molecule has 0 aliphatic carbocycles. The van der Waals surface area contributed by atoms with Gasteiger partial charge in [-0.2, -0.15) is 0 Å². The molecule has 0 saturated heterocycles. The lowest BCUT2D eigenvalue weighted by Gasteiger charge is -2.20. The van der Waals surface area contributed by atoms with Gasteiger partial charge in [-0.1, -0.05) is 34.1 Å². The molecule has 0 aliphatic heterocycles. The smallest absolute Gasteiger partial charge is 0.128 e. The molecular formula is C15H16BrFN2O. The van der Waals surface area contributed by atoms with Crippen LogP contribution in [0.25, 0.3) is 0 Å². The van der Waals surface area contributed by atoms with Gasteiger partial charge in [-0.3, -0.25) is 5.84 Å². The summed E-state index contributed by atoms with van der Waals surface area (Å²) in [6, 6.07) is 11.8. The molecule has 2 rings (SSSR count). The summed E-state index contributed by atoms with van der Waals surface area (Å²) >= 11 is 3.35. The van der Waals surface area contributed by atoms with E-state index < -0.39 is 6.04 Å². The Hall–Kier alpha value is -1.43. The van der Waals surface area contributed by atoms with Gasteiger partial charge in [-0.05, 0) is 31.2 Å². The van der Waals surface area contributed by atoms with Gasteiger partial charge in [0.1, 0.15) is 11.6 Å². The minimum atomic E-state index is -0.477. The molecule has 0 fully saturated rings. The van der Waals surface area contributed by atoms with Crippen LogP contribution in [0, 0.1) is 5.82 Å². The predicted molar refractivity (Wildman–Crippen MR) is 80.9 cm³/mol. The second-order valence-electron chi connectivity index (χ2n) is 4.24. The zero-order valence-electron chi connectivity index (χ0n) is 11.1. The number of halogens is 2. The standard InChI is InChI=1S/C15H16BrFN2O/c1-2-20-14-6-4-3-5-11(14)15(19-18)12-9-10(16)7-8-13(12)17/h3-9,15,19H,2,18H2,1H3. The number of hydrogen-bond acceptors (Lipinski definition) is 3. The monoisotopic (exact) mass is 338 g/mol. The zero-order chi connectivity index (χ0) is 14.5. The van der Waals surface area contributed by atoms with Gasteiger partial charge >= 0.3 is 0 Å². The Kier molecular flexibility index (Phi) is 5.11. The number of rotatable bonds is 5. The van der Waals surface area contributed by atoms with Crippen LogP contribution in [-0.2, 0) is 0 Å². The Bertz CT molecular complexity index is 592. The molecule has 5 heteroatoms. The first kappa shape index (κ1) is 15.0. The minimum Gasteiger partial charge on any atom is -0.494 e. The van der Waals surface area contributed by atoms with E-state index in [4.69, 9.17) is 10.6 Å². The fourth-order valence-electron chi connectivity index (χ4n) is 2.09. The van der Waals surface area contributed by atoms with E-state index in [9.17, 15) is 4.39 Å². The highest BCUT2D eigenvalue weighted by Crippen LogP contribution is 2.32. The molecule has 2 aromatic rings. The summed E-state index contributed by atoms with van der Waals surface area (Å²) in [7, 11) is 0. The molecule has 0 heterocycles. The van der Waals surface area contributed by atoms with Crippen molar-refractivity contribution in [3.05, 3.63) is 63.9 Å². The molecule has 3 N–H and O–H groups in total. The Morgan fingerprint density at radius 2 is 2.00 bits per heavy atom. The van der Waals surface area contributed by atoms with Crippen molar-refractivity contribution in [3.63, 3.8) is 0 Å². The number of nitrogens with two attached hydrogens (primary N) is 1. The Labute approximate surface area is 126 Å². The molecular weight excluding hydrogens is 323 g/mol. The van der Waals surface area contributed by atoms with Crippen LogP contribution in [0.15, 0.2) is 46.9 Å². The van der Waals surface area contributed by atoms with Crippen molar-refractivity contribution in [2.45, 2.75) is 13.0 Å². The van der Waals surface area contributed by atoms with E-state index in [1.807, 2.05) is 31.2 Å². The number of hydrogen-bond donors (Lipinski definition) is 2. The van der Waals surface area contributed by atoms with Crippen LogP contribution in [0.4, 0.5) is 4.39 Å². The normalized spacial score (nSPS) is 12.2. The van der Waals surface area contributed by atoms with Gasteiger partial charge in [0.25, 0.3) is 0 Å². The van der Waals surface area contributed by atoms with Gasteiger partial charge in [0.2, 0.25) is 0 Å². The fraction of sp³-hybridized carbons (Fsp3) is 0.200. The maximum absolute atomic E-state index is 14.1. The molecule has 20 heavy (non-hydrogen) atoms. The van der Waals surface area contributed by atoms with Crippen molar-refractivity contribution in [3.8, 4) is 5.75 Å². The second-order valence-corrected chi connectivity index (χ2v) is 5.15. The molecule has 0 amide bonds. The SMILES string of the molecule is CCOc1ccccc1C(NN)c1cc(Br)ccc1F. The third-order valence-electron chi connectivity index (χ3n) is 2.97. The van der Waals surface area contributed by atoms with E-state index >= 15 is 0 Å². The van der Waals surface area contributed by atoms with Crippen LogP contribution in [0.5, 0.6) is 5.75 Å². The van der Waals surface area contributed by atoms with Crippen LogP contribution in [-0.4, -0.2) is 6.61 Å². The van der Waals surface area contributed by atoms with Gasteiger partial charge in [0, 0.05) is 15.6 Å². The van der Waals surface area contributed by atoms with E-state index in [1.165, 1.54) is 6.07 Å². The molecule has 0 aromatic heterocycles. The molecule has 0 bridgehead atoms. The molecule has 0 saturated carbocycles. The summed E-state index contributed by atoms with van der Waals surface area (Å²) in [4.78, 5) is 0. The van der Waals surface area contributed by atoms with Crippen LogP contribution in [0.3, 0.4) is 0 Å². The van der Waals surface area contributed by atoms with Gasteiger partial charge in [0.05, 0.1) is 12.6 Å². The third-order valence-corrected chi connectivity index (χ3v) is 3.46. The van der Waals surface area contributed by atoms with Gasteiger partial charge in [-0.25, -0.2) is 9.82 Å². The minimum absolute atomic E-state index is 0.317. The average Bonchev–Trinajstić information content (AvgIpc) is 2.45. The van der Waals surface area contributed by atoms with Crippen molar-refractivity contribution in [1.82, 2.24) is 5.43 Å². The summed E-state index contributed by atoms with van der Waals surface area (Å²) in [5.74, 6) is 6.01. The highest BCUT2D eigenvalue weighted by molar-refractivity contribution is 9.10. The molecule has 0 spiro atoms. The van der Waals surface area contributed by atoms with Gasteiger partial charge in [0.15, 0.2) is 0 Å². The van der Waals surface area contributed by atoms with Crippen molar-refractivity contribution < 1.29 is 9.13 Å². The average molecular weight is 339 g/mol. The van der Waals surface area contributed by atoms with Crippen LogP contribution >= 0.6 is 15.9 Å². The largest absolute Gasteiger partial charge is 0.494 e. The summed E-state index contributed by atoms with van der Waals surface area (Å²) in [6.07, 6.45) is 0. The maximum Gasteiger partial charge on any atom is 0.128 e. The van der Waals surface area contributed by atoms with E-state index in [0.29, 0.717) is 17.9 Å². The summed E-state index contributed by atoms with van der Waals surface area (Å²) < 4.78 is 20.4. The van der Waals surface area contributed by atoms with E-state index in [2.05, 4.69) is 21.4 Å². The number of benzene rings is 2. The maximum atomic E-state index is 14.1. The van der Waals surface area contributed by atoms with Gasteiger partial charge < -0.3 is 4.74 Å². The first-order chi connectivity index (χ1) is 9.67. The van der Waals surface area contributed by atoms with Crippen molar-refractivity contribution >= 4 is 15.9 Å². The van der Waals surface area contributed by atoms with Crippen LogP contribution < -0.4 is 16.0 Å². The second kappa shape index (κ2) is 6.83. The summed E-state index contributed by atoms with van der Waals surface area (Å²) in [6.45, 7) is 2.44. The molecule has 3 nitrogen and oxygen atoms in total. The molecule has 0 aliphatic rings. The predicted octanol–water partition coefficient (Wildman–Crippen LogP) is 3.54. The van der Waals surface area contributed by atoms with Crippen LogP contribution in [0.1, 0.15) is 24.1 Å². The highest BCUT2D eigenvalue weighted by atomic mass is 79.9. The first-order valence-corrected chi connectivity index (χ1v) is 7.09. The third kappa shape index (κ3) is 3.17. The van der Waals surface area contributed by atoms with Crippen molar-refractivity contribution in [1.29, 1.82) is 0 Å². The number of hydrazine groups is 1. The fourth-order valence-corrected chi connectivity index (χ4v) is 2.47. The number of para-hydroxylation sites is 1.